The van der Waals surface area contributed by atoms with Gasteiger partial charge >= 0.3 is 0 Å². The molecule has 0 spiro atoms. The number of halogens is 2. The van der Waals surface area contributed by atoms with Gasteiger partial charge in [0, 0.05) is 29.9 Å². The number of aromatic nitrogens is 1. The van der Waals surface area contributed by atoms with Crippen molar-refractivity contribution in [3.05, 3.63) is 35.5 Å². The van der Waals surface area contributed by atoms with Crippen LogP contribution in [0.25, 0.3) is 10.9 Å². The highest BCUT2D eigenvalue weighted by molar-refractivity contribution is 5.92. The SMILES string of the molecule is Cc1cc(N2CCC(O)CC2)c2ccc(F)c(F)c2n1. The summed E-state index contributed by atoms with van der Waals surface area (Å²) in [6.45, 7) is 3.18. The van der Waals surface area contributed by atoms with Gasteiger partial charge in [0.2, 0.25) is 0 Å². The van der Waals surface area contributed by atoms with Crippen molar-refractivity contribution < 1.29 is 13.9 Å². The van der Waals surface area contributed by atoms with Crippen LogP contribution in [-0.2, 0) is 0 Å². The summed E-state index contributed by atoms with van der Waals surface area (Å²) in [7, 11) is 0. The second-order valence-electron chi connectivity index (χ2n) is 5.26. The molecule has 5 heteroatoms. The molecular weight excluding hydrogens is 262 g/mol. The minimum Gasteiger partial charge on any atom is -0.393 e. The highest BCUT2D eigenvalue weighted by Gasteiger charge is 2.21. The maximum absolute atomic E-state index is 13.9. The molecule has 1 N–H and O–H groups in total. The molecule has 0 aliphatic carbocycles. The summed E-state index contributed by atoms with van der Waals surface area (Å²) in [6.07, 6.45) is 1.11. The Morgan fingerprint density at radius 3 is 2.65 bits per heavy atom. The van der Waals surface area contributed by atoms with E-state index in [9.17, 15) is 13.9 Å². The third kappa shape index (κ3) is 2.22. The second-order valence-corrected chi connectivity index (χ2v) is 5.26. The van der Waals surface area contributed by atoms with E-state index >= 15 is 0 Å². The van der Waals surface area contributed by atoms with Crippen LogP contribution in [0.1, 0.15) is 18.5 Å². The Morgan fingerprint density at radius 2 is 1.95 bits per heavy atom. The Bertz CT molecular complexity index is 652. The van der Waals surface area contributed by atoms with Crippen LogP contribution in [0, 0.1) is 18.6 Å². The molecule has 0 bridgehead atoms. The number of pyridine rings is 1. The van der Waals surface area contributed by atoms with Gasteiger partial charge in [-0.1, -0.05) is 0 Å². The number of hydrogen-bond donors (Lipinski definition) is 1. The largest absolute Gasteiger partial charge is 0.393 e. The minimum absolute atomic E-state index is 0.0751. The van der Waals surface area contributed by atoms with Crippen LogP contribution < -0.4 is 4.90 Å². The van der Waals surface area contributed by atoms with Crippen LogP contribution in [0.4, 0.5) is 14.5 Å². The molecule has 1 aliphatic rings. The monoisotopic (exact) mass is 278 g/mol. The lowest BCUT2D eigenvalue weighted by Crippen LogP contribution is -2.36. The normalized spacial score (nSPS) is 16.9. The molecule has 20 heavy (non-hydrogen) atoms. The molecule has 1 aliphatic heterocycles. The van der Waals surface area contributed by atoms with Crippen LogP contribution in [0.15, 0.2) is 18.2 Å². The molecule has 2 heterocycles. The van der Waals surface area contributed by atoms with Gasteiger partial charge in [0.15, 0.2) is 11.6 Å². The summed E-state index contributed by atoms with van der Waals surface area (Å²) in [5, 5.41) is 10.2. The fraction of sp³-hybridized carbons (Fsp3) is 0.400. The molecule has 3 nitrogen and oxygen atoms in total. The van der Waals surface area contributed by atoms with Gasteiger partial charge in [0.1, 0.15) is 5.52 Å². The third-order valence-electron chi connectivity index (χ3n) is 3.78. The molecule has 0 radical (unpaired) electrons. The number of anilines is 1. The molecule has 0 saturated carbocycles. The molecule has 106 valence electrons. The molecule has 0 atom stereocenters. The second kappa shape index (κ2) is 4.98. The van der Waals surface area contributed by atoms with Gasteiger partial charge in [-0.15, -0.1) is 0 Å². The number of aliphatic hydroxyl groups is 1. The number of benzene rings is 1. The standard InChI is InChI=1S/C15H16F2N2O/c1-9-8-13(19-6-4-10(20)5-7-19)11-2-3-12(16)14(17)15(11)18-9/h2-3,8,10,20H,4-7H2,1H3. The van der Waals surface area contributed by atoms with Gasteiger partial charge in [-0.2, -0.15) is 0 Å². The minimum atomic E-state index is -0.899. The van der Waals surface area contributed by atoms with Crippen molar-refractivity contribution in [3.63, 3.8) is 0 Å². The molecule has 1 aromatic carbocycles. The van der Waals surface area contributed by atoms with Gasteiger partial charge in [-0.3, -0.25) is 0 Å². The summed E-state index contributed by atoms with van der Waals surface area (Å²) < 4.78 is 27.2. The van der Waals surface area contributed by atoms with E-state index in [0.717, 1.165) is 11.8 Å². The number of aliphatic hydroxyl groups excluding tert-OH is 1. The van der Waals surface area contributed by atoms with Gasteiger partial charge in [0.25, 0.3) is 0 Å². The molecule has 1 aromatic heterocycles. The predicted molar refractivity (Wildman–Crippen MR) is 73.8 cm³/mol. The highest BCUT2D eigenvalue weighted by atomic mass is 19.2. The molecule has 1 saturated heterocycles. The summed E-state index contributed by atoms with van der Waals surface area (Å²) in [5.41, 5.74) is 1.59. The number of hydrogen-bond acceptors (Lipinski definition) is 3. The quantitative estimate of drug-likeness (QED) is 0.871. The van der Waals surface area contributed by atoms with E-state index in [2.05, 4.69) is 9.88 Å². The Labute approximate surface area is 115 Å². The van der Waals surface area contributed by atoms with Crippen LogP contribution in [-0.4, -0.2) is 29.3 Å². The number of aryl methyl sites for hydroxylation is 1. The average molecular weight is 278 g/mol. The topological polar surface area (TPSA) is 36.4 Å². The molecule has 2 aromatic rings. The van der Waals surface area contributed by atoms with E-state index in [4.69, 9.17) is 0 Å². The summed E-state index contributed by atoms with van der Waals surface area (Å²) >= 11 is 0. The first kappa shape index (κ1) is 13.2. The molecule has 0 amide bonds. The Kier molecular flexibility index (Phi) is 3.30. The number of rotatable bonds is 1. The van der Waals surface area contributed by atoms with Gasteiger partial charge < -0.3 is 10.0 Å². The first-order valence-electron chi connectivity index (χ1n) is 6.74. The average Bonchev–Trinajstić information content (AvgIpc) is 2.43. The van der Waals surface area contributed by atoms with E-state index in [1.807, 2.05) is 6.07 Å². The Morgan fingerprint density at radius 1 is 1.25 bits per heavy atom. The van der Waals surface area contributed by atoms with Crippen molar-refractivity contribution in [3.8, 4) is 0 Å². The van der Waals surface area contributed by atoms with Crippen molar-refractivity contribution in [1.29, 1.82) is 0 Å². The third-order valence-corrected chi connectivity index (χ3v) is 3.78. The fourth-order valence-corrected chi connectivity index (χ4v) is 2.71. The van der Waals surface area contributed by atoms with Crippen LogP contribution >= 0.6 is 0 Å². The molecule has 1 fully saturated rings. The smallest absolute Gasteiger partial charge is 0.185 e. The number of piperidine rings is 1. The molecule has 0 unspecified atom stereocenters. The maximum Gasteiger partial charge on any atom is 0.185 e. The lowest BCUT2D eigenvalue weighted by atomic mass is 10.0. The zero-order chi connectivity index (χ0) is 14.3. The lowest BCUT2D eigenvalue weighted by molar-refractivity contribution is 0.145. The number of nitrogens with zero attached hydrogens (tertiary/aromatic N) is 2. The van der Waals surface area contributed by atoms with Crippen molar-refractivity contribution in [1.82, 2.24) is 4.98 Å². The van der Waals surface area contributed by atoms with Gasteiger partial charge in [-0.25, -0.2) is 13.8 Å². The van der Waals surface area contributed by atoms with Crippen LogP contribution in [0.3, 0.4) is 0 Å². The summed E-state index contributed by atoms with van der Waals surface area (Å²) in [6, 6.07) is 4.59. The molecule has 3 rings (SSSR count). The Hall–Kier alpha value is -1.75. The number of fused-ring (bicyclic) bond motifs is 1. The van der Waals surface area contributed by atoms with Crippen molar-refractivity contribution in [2.75, 3.05) is 18.0 Å². The maximum atomic E-state index is 13.9. The molecular formula is C15H16F2N2O. The van der Waals surface area contributed by atoms with Crippen molar-refractivity contribution in [2.24, 2.45) is 0 Å². The van der Waals surface area contributed by atoms with Crippen molar-refractivity contribution >= 4 is 16.6 Å². The van der Waals surface area contributed by atoms with Crippen LogP contribution in [0.5, 0.6) is 0 Å². The van der Waals surface area contributed by atoms with Gasteiger partial charge in [-0.05, 0) is 38.0 Å². The predicted octanol–water partition coefficient (Wildman–Crippen LogP) is 2.78. The summed E-state index contributed by atoms with van der Waals surface area (Å²) in [5.74, 6) is -1.78. The zero-order valence-corrected chi connectivity index (χ0v) is 11.2. The van der Waals surface area contributed by atoms with Gasteiger partial charge in [0.05, 0.1) is 6.10 Å². The first-order valence-corrected chi connectivity index (χ1v) is 6.74. The zero-order valence-electron chi connectivity index (χ0n) is 11.2. The first-order chi connectivity index (χ1) is 9.56. The van der Waals surface area contributed by atoms with E-state index in [1.165, 1.54) is 0 Å². The Balaban J connectivity index is 2.13. The summed E-state index contributed by atoms with van der Waals surface area (Å²) in [4.78, 5) is 6.21. The van der Waals surface area contributed by atoms with E-state index in [0.29, 0.717) is 37.0 Å². The lowest BCUT2D eigenvalue weighted by Gasteiger charge is -2.32. The highest BCUT2D eigenvalue weighted by Crippen LogP contribution is 2.31. The van der Waals surface area contributed by atoms with E-state index in [-0.39, 0.29) is 11.6 Å². The van der Waals surface area contributed by atoms with Crippen LogP contribution in [0.2, 0.25) is 0 Å². The van der Waals surface area contributed by atoms with Crippen molar-refractivity contribution in [2.45, 2.75) is 25.9 Å². The fourth-order valence-electron chi connectivity index (χ4n) is 2.71. The van der Waals surface area contributed by atoms with E-state index < -0.39 is 11.6 Å². The van der Waals surface area contributed by atoms with E-state index in [1.54, 1.807) is 13.0 Å².